The fourth-order valence-corrected chi connectivity index (χ4v) is 2.51. The second kappa shape index (κ2) is 9.72. The van der Waals surface area contributed by atoms with Crippen molar-refractivity contribution in [2.45, 2.75) is 13.1 Å². The number of benzene rings is 2. The fraction of sp³-hybridized carbons (Fsp3) is 0.316. The Balaban J connectivity index is 1.91. The van der Waals surface area contributed by atoms with Crippen molar-refractivity contribution in [2.24, 2.45) is 0 Å². The quantitative estimate of drug-likeness (QED) is 0.687. The van der Waals surface area contributed by atoms with E-state index in [0.29, 0.717) is 18.2 Å². The zero-order valence-corrected chi connectivity index (χ0v) is 16.2. The van der Waals surface area contributed by atoms with Gasteiger partial charge in [0.2, 0.25) is 0 Å². The minimum absolute atomic E-state index is 0.550. The minimum atomic E-state index is 0.550. The van der Waals surface area contributed by atoms with Gasteiger partial charge in [-0.05, 0) is 47.6 Å². The van der Waals surface area contributed by atoms with E-state index < -0.39 is 0 Å². The van der Waals surface area contributed by atoms with E-state index in [1.54, 1.807) is 28.4 Å². The number of hydrogen-bond acceptors (Lipinski definition) is 5. The number of nitrogens with one attached hydrogen (secondary N) is 2. The van der Waals surface area contributed by atoms with Crippen LogP contribution in [-0.2, 0) is 13.1 Å². The number of thiocarbonyl (C=S) groups is 1. The molecule has 6 nitrogen and oxygen atoms in total. The monoisotopic (exact) mass is 376 g/mol. The lowest BCUT2D eigenvalue weighted by atomic mass is 10.2. The molecule has 0 saturated heterocycles. The van der Waals surface area contributed by atoms with Crippen LogP contribution in [0.25, 0.3) is 0 Å². The summed E-state index contributed by atoms with van der Waals surface area (Å²) in [6.45, 7) is 1.11. The predicted octanol–water partition coefficient (Wildman–Crippen LogP) is 2.89. The molecule has 0 bridgehead atoms. The minimum Gasteiger partial charge on any atom is -0.497 e. The van der Waals surface area contributed by atoms with Crippen LogP contribution in [0.4, 0.5) is 0 Å². The first-order valence-electron chi connectivity index (χ1n) is 8.03. The van der Waals surface area contributed by atoms with Crippen molar-refractivity contribution < 1.29 is 18.9 Å². The van der Waals surface area contributed by atoms with Gasteiger partial charge < -0.3 is 29.6 Å². The van der Waals surface area contributed by atoms with Crippen LogP contribution in [0.2, 0.25) is 0 Å². The van der Waals surface area contributed by atoms with Gasteiger partial charge in [0.15, 0.2) is 5.11 Å². The van der Waals surface area contributed by atoms with Crippen molar-refractivity contribution in [3.63, 3.8) is 0 Å². The maximum absolute atomic E-state index is 5.35. The van der Waals surface area contributed by atoms with Gasteiger partial charge in [-0.1, -0.05) is 0 Å². The molecule has 0 aromatic heterocycles. The molecule has 2 rings (SSSR count). The molecule has 140 valence electrons. The standard InChI is InChI=1S/C19H24N2O4S/c1-22-15-5-13(6-16(9-15)23-2)11-20-19(26)21-12-14-7-17(24-3)10-18(8-14)25-4/h5-10H,11-12H2,1-4H3,(H2,20,21,26). The van der Waals surface area contributed by atoms with Crippen LogP contribution in [0.1, 0.15) is 11.1 Å². The van der Waals surface area contributed by atoms with Crippen molar-refractivity contribution in [1.29, 1.82) is 0 Å². The summed E-state index contributed by atoms with van der Waals surface area (Å²) < 4.78 is 21.1. The molecule has 0 aliphatic carbocycles. The first-order chi connectivity index (χ1) is 12.6. The first kappa shape index (κ1) is 19.7. The SMILES string of the molecule is COc1cc(CNC(=S)NCc2cc(OC)cc(OC)c2)cc(OC)c1. The van der Waals surface area contributed by atoms with Gasteiger partial charge in [-0.2, -0.15) is 0 Å². The van der Waals surface area contributed by atoms with Gasteiger partial charge >= 0.3 is 0 Å². The molecule has 0 heterocycles. The van der Waals surface area contributed by atoms with Crippen molar-refractivity contribution in [3.8, 4) is 23.0 Å². The van der Waals surface area contributed by atoms with Gasteiger partial charge in [0, 0.05) is 25.2 Å². The molecule has 2 aromatic rings. The second-order valence-electron chi connectivity index (χ2n) is 5.48. The van der Waals surface area contributed by atoms with E-state index in [2.05, 4.69) is 10.6 Å². The highest BCUT2D eigenvalue weighted by Gasteiger charge is 2.05. The van der Waals surface area contributed by atoms with Crippen LogP contribution in [0.3, 0.4) is 0 Å². The molecule has 2 N–H and O–H groups in total. The Morgan fingerprint density at radius 3 is 1.23 bits per heavy atom. The summed E-state index contributed by atoms with van der Waals surface area (Å²) in [5.41, 5.74) is 2.02. The van der Waals surface area contributed by atoms with Gasteiger partial charge in [-0.25, -0.2) is 0 Å². The Morgan fingerprint density at radius 2 is 0.962 bits per heavy atom. The summed E-state index contributed by atoms with van der Waals surface area (Å²) in [5, 5.41) is 6.90. The smallest absolute Gasteiger partial charge is 0.166 e. The Hall–Kier alpha value is -2.67. The molecular weight excluding hydrogens is 352 g/mol. The van der Waals surface area contributed by atoms with E-state index in [-0.39, 0.29) is 0 Å². The molecule has 0 radical (unpaired) electrons. The van der Waals surface area contributed by atoms with Crippen molar-refractivity contribution in [1.82, 2.24) is 10.6 Å². The molecule has 2 aromatic carbocycles. The van der Waals surface area contributed by atoms with Crippen molar-refractivity contribution in [3.05, 3.63) is 47.5 Å². The molecular formula is C19H24N2O4S. The number of methoxy groups -OCH3 is 4. The third-order valence-electron chi connectivity index (χ3n) is 3.73. The van der Waals surface area contributed by atoms with Crippen LogP contribution in [0.15, 0.2) is 36.4 Å². The third-order valence-corrected chi connectivity index (χ3v) is 4.02. The van der Waals surface area contributed by atoms with Gasteiger partial charge in [0.25, 0.3) is 0 Å². The average molecular weight is 376 g/mol. The van der Waals surface area contributed by atoms with Crippen LogP contribution in [0.5, 0.6) is 23.0 Å². The third kappa shape index (κ3) is 5.70. The van der Waals surface area contributed by atoms with Crippen molar-refractivity contribution >= 4 is 17.3 Å². The summed E-state index contributed by atoms with van der Waals surface area (Å²) in [7, 11) is 6.50. The maximum Gasteiger partial charge on any atom is 0.166 e. The van der Waals surface area contributed by atoms with E-state index in [4.69, 9.17) is 31.2 Å². The van der Waals surface area contributed by atoms with Crippen LogP contribution < -0.4 is 29.6 Å². The summed E-state index contributed by atoms with van der Waals surface area (Å²) in [4.78, 5) is 0. The molecule has 26 heavy (non-hydrogen) atoms. The van der Waals surface area contributed by atoms with Gasteiger partial charge in [-0.15, -0.1) is 0 Å². The molecule has 0 amide bonds. The normalized spacial score (nSPS) is 10.0. The van der Waals surface area contributed by atoms with Gasteiger partial charge in [0.05, 0.1) is 28.4 Å². The molecule has 0 aliphatic heterocycles. The first-order valence-corrected chi connectivity index (χ1v) is 8.44. The zero-order valence-electron chi connectivity index (χ0n) is 15.4. The fourth-order valence-electron chi connectivity index (χ4n) is 2.36. The Kier molecular flexibility index (Phi) is 7.35. The van der Waals surface area contributed by atoms with E-state index in [9.17, 15) is 0 Å². The van der Waals surface area contributed by atoms with E-state index >= 15 is 0 Å². The summed E-state index contributed by atoms with van der Waals surface area (Å²) >= 11 is 5.35. The molecule has 0 unspecified atom stereocenters. The molecule has 0 aliphatic rings. The largest absolute Gasteiger partial charge is 0.497 e. The second-order valence-corrected chi connectivity index (χ2v) is 5.89. The highest BCUT2D eigenvalue weighted by molar-refractivity contribution is 7.80. The highest BCUT2D eigenvalue weighted by atomic mass is 32.1. The lowest BCUT2D eigenvalue weighted by molar-refractivity contribution is 0.393. The lowest BCUT2D eigenvalue weighted by Crippen LogP contribution is -2.34. The molecule has 0 atom stereocenters. The average Bonchev–Trinajstić information content (AvgIpc) is 2.69. The Labute approximate surface area is 159 Å². The number of rotatable bonds is 8. The van der Waals surface area contributed by atoms with E-state index in [1.165, 1.54) is 0 Å². The zero-order chi connectivity index (χ0) is 18.9. The van der Waals surface area contributed by atoms with Crippen molar-refractivity contribution in [2.75, 3.05) is 28.4 Å². The summed E-state index contributed by atoms with van der Waals surface area (Å²) in [6.07, 6.45) is 0. The van der Waals surface area contributed by atoms with Crippen LogP contribution in [0, 0.1) is 0 Å². The number of ether oxygens (including phenoxy) is 4. The molecule has 7 heteroatoms. The Bertz CT molecular complexity index is 646. The van der Waals surface area contributed by atoms with Crippen LogP contribution >= 0.6 is 12.2 Å². The van der Waals surface area contributed by atoms with Gasteiger partial charge in [-0.3, -0.25) is 0 Å². The summed E-state index contributed by atoms with van der Waals surface area (Å²) in [5.74, 6) is 2.96. The Morgan fingerprint density at radius 1 is 0.654 bits per heavy atom. The highest BCUT2D eigenvalue weighted by Crippen LogP contribution is 2.23. The van der Waals surface area contributed by atoms with E-state index in [1.807, 2.05) is 36.4 Å². The van der Waals surface area contributed by atoms with Gasteiger partial charge in [0.1, 0.15) is 23.0 Å². The molecule has 0 fully saturated rings. The predicted molar refractivity (Wildman–Crippen MR) is 105 cm³/mol. The lowest BCUT2D eigenvalue weighted by Gasteiger charge is -2.13. The number of hydrogen-bond donors (Lipinski definition) is 2. The van der Waals surface area contributed by atoms with E-state index in [0.717, 1.165) is 34.1 Å². The summed E-state index contributed by atoms with van der Waals surface area (Å²) in [6, 6.07) is 11.4. The molecule has 0 saturated carbocycles. The van der Waals surface area contributed by atoms with Crippen LogP contribution in [-0.4, -0.2) is 33.6 Å². The maximum atomic E-state index is 5.35. The molecule has 0 spiro atoms. The topological polar surface area (TPSA) is 61.0 Å².